The minimum atomic E-state index is -2.40. The van der Waals surface area contributed by atoms with E-state index >= 15 is 0 Å². The van der Waals surface area contributed by atoms with E-state index in [0.29, 0.717) is 0 Å². The molecule has 4 N–H and O–H groups in total. The molecular formula is C12H12O8. The summed E-state index contributed by atoms with van der Waals surface area (Å²) in [7, 11) is 0. The molecular weight excluding hydrogens is 272 g/mol. The first kappa shape index (κ1) is 15.6. The van der Waals surface area contributed by atoms with E-state index in [2.05, 4.69) is 4.74 Å². The smallest absolute Gasteiger partial charge is 0.349 e. The predicted molar refractivity (Wildman–Crippen MR) is 62.6 cm³/mol. The molecule has 0 aromatic heterocycles. The van der Waals surface area contributed by atoms with E-state index in [1.54, 1.807) is 6.07 Å². The number of hydrogen-bond acceptors (Lipinski definition) is 6. The van der Waals surface area contributed by atoms with Gasteiger partial charge in [-0.05, 0) is 0 Å². The maximum Gasteiger partial charge on any atom is 0.349 e. The summed E-state index contributed by atoms with van der Waals surface area (Å²) < 4.78 is 4.52. The summed E-state index contributed by atoms with van der Waals surface area (Å²) in [5.41, 5.74) is 0.130. The molecule has 0 aliphatic rings. The summed E-state index contributed by atoms with van der Waals surface area (Å²) >= 11 is 0. The molecule has 0 saturated heterocycles. The molecule has 0 unspecified atom stereocenters. The third kappa shape index (κ3) is 3.77. The lowest BCUT2D eigenvalue weighted by Crippen LogP contribution is -2.41. The molecule has 3 atom stereocenters. The number of carbonyl (C=O) groups is 3. The van der Waals surface area contributed by atoms with Gasteiger partial charge in [-0.3, -0.25) is 0 Å². The molecule has 0 aliphatic carbocycles. The van der Waals surface area contributed by atoms with Crippen LogP contribution in [0.5, 0.6) is 0 Å². The highest BCUT2D eigenvalue weighted by Crippen LogP contribution is 2.18. The molecule has 0 radical (unpaired) electrons. The van der Waals surface area contributed by atoms with Crippen molar-refractivity contribution in [1.82, 2.24) is 0 Å². The van der Waals surface area contributed by atoms with Gasteiger partial charge < -0.3 is 25.2 Å². The Morgan fingerprint density at radius 2 is 1.45 bits per heavy atom. The average molecular weight is 284 g/mol. The average Bonchev–Trinajstić information content (AvgIpc) is 2.43. The van der Waals surface area contributed by atoms with Crippen LogP contribution in [0.15, 0.2) is 30.3 Å². The lowest BCUT2D eigenvalue weighted by Gasteiger charge is -2.18. The van der Waals surface area contributed by atoms with Gasteiger partial charge in [-0.2, -0.15) is 0 Å². The van der Waals surface area contributed by atoms with Crippen molar-refractivity contribution in [3.63, 3.8) is 0 Å². The Labute approximate surface area is 112 Å². The molecule has 0 spiro atoms. The SMILES string of the molecule is O=C(O)[C@H](OC(=O)[C@H](O)[C@@H](O)C(=O)O)c1ccccc1. The van der Waals surface area contributed by atoms with Gasteiger partial charge in [0.2, 0.25) is 6.10 Å². The van der Waals surface area contributed by atoms with E-state index in [9.17, 15) is 19.5 Å². The molecule has 1 aromatic carbocycles. The van der Waals surface area contributed by atoms with Crippen molar-refractivity contribution in [1.29, 1.82) is 0 Å². The van der Waals surface area contributed by atoms with E-state index in [1.807, 2.05) is 0 Å². The fourth-order valence-corrected chi connectivity index (χ4v) is 1.34. The number of carbonyl (C=O) groups excluding carboxylic acids is 1. The quantitative estimate of drug-likeness (QED) is 0.495. The number of rotatable bonds is 6. The second kappa shape index (κ2) is 6.64. The molecule has 0 bridgehead atoms. The molecule has 8 nitrogen and oxygen atoms in total. The number of aliphatic hydroxyl groups is 2. The first-order chi connectivity index (χ1) is 9.34. The zero-order valence-electron chi connectivity index (χ0n) is 10.0. The number of carboxylic acid groups (broad SMARTS) is 2. The maximum absolute atomic E-state index is 11.4. The number of aliphatic carboxylic acids is 2. The normalized spacial score (nSPS) is 14.9. The highest BCUT2D eigenvalue weighted by molar-refractivity contribution is 5.86. The van der Waals surface area contributed by atoms with Crippen LogP contribution in [0, 0.1) is 0 Å². The first-order valence-electron chi connectivity index (χ1n) is 5.41. The Morgan fingerprint density at radius 1 is 0.900 bits per heavy atom. The third-order valence-electron chi connectivity index (χ3n) is 2.35. The van der Waals surface area contributed by atoms with Crippen LogP contribution in [0.3, 0.4) is 0 Å². The maximum atomic E-state index is 11.4. The first-order valence-corrected chi connectivity index (χ1v) is 5.41. The summed E-state index contributed by atoms with van der Waals surface area (Å²) in [6.07, 6.45) is -6.48. The van der Waals surface area contributed by atoms with Crippen molar-refractivity contribution in [3.05, 3.63) is 35.9 Å². The van der Waals surface area contributed by atoms with Crippen LogP contribution in [0.2, 0.25) is 0 Å². The molecule has 1 aromatic rings. The molecule has 0 amide bonds. The number of carboxylic acids is 2. The van der Waals surface area contributed by atoms with Crippen LogP contribution in [0.4, 0.5) is 0 Å². The summed E-state index contributed by atoms with van der Waals surface area (Å²) in [5.74, 6) is -4.88. The van der Waals surface area contributed by atoms with Gasteiger partial charge in [-0.1, -0.05) is 30.3 Å². The van der Waals surface area contributed by atoms with Crippen molar-refractivity contribution in [2.45, 2.75) is 18.3 Å². The van der Waals surface area contributed by atoms with Gasteiger partial charge >= 0.3 is 17.9 Å². The highest BCUT2D eigenvalue weighted by Gasteiger charge is 2.34. The van der Waals surface area contributed by atoms with Gasteiger partial charge in [0.25, 0.3) is 0 Å². The predicted octanol–water partition coefficient (Wildman–Crippen LogP) is -0.838. The summed E-state index contributed by atoms with van der Waals surface area (Å²) in [4.78, 5) is 32.8. The van der Waals surface area contributed by atoms with E-state index in [0.717, 1.165) is 0 Å². The van der Waals surface area contributed by atoms with E-state index in [1.165, 1.54) is 24.3 Å². The van der Waals surface area contributed by atoms with Crippen molar-refractivity contribution < 1.29 is 39.5 Å². The van der Waals surface area contributed by atoms with Crippen molar-refractivity contribution in [3.8, 4) is 0 Å². The Bertz CT molecular complexity index is 497. The molecule has 0 aliphatic heterocycles. The standard InChI is InChI=1S/C12H12O8/c13-7(10(15)16)8(14)12(19)20-9(11(17)18)6-4-2-1-3-5-6/h1-5,7-9,13-14H,(H,15,16)(H,17,18)/t7-,8-,9-/m1/s1. The second-order valence-electron chi connectivity index (χ2n) is 3.79. The summed E-state index contributed by atoms with van der Waals surface area (Å²) in [5, 5.41) is 35.6. The molecule has 8 heteroatoms. The monoisotopic (exact) mass is 284 g/mol. The van der Waals surface area contributed by atoms with E-state index in [-0.39, 0.29) is 5.56 Å². The minimum absolute atomic E-state index is 0.130. The van der Waals surface area contributed by atoms with Crippen LogP contribution in [-0.4, -0.2) is 50.5 Å². The lowest BCUT2D eigenvalue weighted by molar-refractivity contribution is -0.179. The molecule has 20 heavy (non-hydrogen) atoms. The van der Waals surface area contributed by atoms with Gasteiger partial charge in [0.1, 0.15) is 0 Å². The topological polar surface area (TPSA) is 141 Å². The zero-order valence-corrected chi connectivity index (χ0v) is 10.0. The number of ether oxygens (including phenoxy) is 1. The largest absolute Gasteiger partial charge is 0.479 e. The van der Waals surface area contributed by atoms with E-state index < -0.39 is 36.2 Å². The van der Waals surface area contributed by atoms with Crippen LogP contribution in [0.25, 0.3) is 0 Å². The number of aliphatic hydroxyl groups excluding tert-OH is 2. The van der Waals surface area contributed by atoms with Crippen LogP contribution in [-0.2, 0) is 19.1 Å². The van der Waals surface area contributed by atoms with Gasteiger partial charge in [0, 0.05) is 5.56 Å². The van der Waals surface area contributed by atoms with Crippen LogP contribution >= 0.6 is 0 Å². The van der Waals surface area contributed by atoms with Crippen LogP contribution in [0.1, 0.15) is 11.7 Å². The number of hydrogen-bond donors (Lipinski definition) is 4. The van der Waals surface area contributed by atoms with Crippen LogP contribution < -0.4 is 0 Å². The van der Waals surface area contributed by atoms with Crippen molar-refractivity contribution in [2.24, 2.45) is 0 Å². The summed E-state index contributed by atoms with van der Waals surface area (Å²) in [6.45, 7) is 0. The molecule has 108 valence electrons. The zero-order chi connectivity index (χ0) is 15.3. The lowest BCUT2D eigenvalue weighted by atomic mass is 10.1. The van der Waals surface area contributed by atoms with E-state index in [4.69, 9.17) is 15.3 Å². The highest BCUT2D eigenvalue weighted by atomic mass is 16.6. The number of benzene rings is 1. The van der Waals surface area contributed by atoms with Gasteiger partial charge in [0.15, 0.2) is 12.2 Å². The van der Waals surface area contributed by atoms with Gasteiger partial charge in [-0.15, -0.1) is 0 Å². The Morgan fingerprint density at radius 3 is 1.90 bits per heavy atom. The van der Waals surface area contributed by atoms with Gasteiger partial charge in [-0.25, -0.2) is 14.4 Å². The fraction of sp³-hybridized carbons (Fsp3) is 0.250. The van der Waals surface area contributed by atoms with Gasteiger partial charge in [0.05, 0.1) is 0 Å². The molecule has 0 saturated carbocycles. The Balaban J connectivity index is 2.85. The van der Waals surface area contributed by atoms with Crippen molar-refractivity contribution in [2.75, 3.05) is 0 Å². The third-order valence-corrected chi connectivity index (χ3v) is 2.35. The second-order valence-corrected chi connectivity index (χ2v) is 3.79. The summed E-state index contributed by atoms with van der Waals surface area (Å²) in [6, 6.07) is 7.41. The Kier molecular flexibility index (Phi) is 5.18. The molecule has 0 heterocycles. The minimum Gasteiger partial charge on any atom is -0.479 e. The fourth-order valence-electron chi connectivity index (χ4n) is 1.34. The number of esters is 1. The Hall–Kier alpha value is -2.45. The van der Waals surface area contributed by atoms with Crippen molar-refractivity contribution >= 4 is 17.9 Å². The molecule has 0 fully saturated rings. The molecule has 1 rings (SSSR count).